The number of carbonyl (C=O) groups is 1. The summed E-state index contributed by atoms with van der Waals surface area (Å²) in [6.45, 7) is 1.70. The molecular formula is C10H14O2. The molecule has 0 saturated carbocycles. The van der Waals surface area contributed by atoms with Gasteiger partial charge in [-0.3, -0.25) is 4.79 Å². The van der Waals surface area contributed by atoms with Gasteiger partial charge in [-0.2, -0.15) is 0 Å². The molecule has 0 aliphatic heterocycles. The Balaban J connectivity index is 3.07. The molecular weight excluding hydrogens is 152 g/mol. The van der Waals surface area contributed by atoms with E-state index in [1.165, 1.54) is 19.3 Å². The number of hydrogen-bond donors (Lipinski definition) is 0. The maximum absolute atomic E-state index is 11.4. The molecule has 12 heavy (non-hydrogen) atoms. The van der Waals surface area contributed by atoms with E-state index in [1.54, 1.807) is 6.92 Å². The Morgan fingerprint density at radius 2 is 2.83 bits per heavy atom. The molecule has 1 rings (SSSR count). The second-order valence-electron chi connectivity index (χ2n) is 2.42. The minimum atomic E-state index is -1.55. The summed E-state index contributed by atoms with van der Waals surface area (Å²) >= 11 is 0. The van der Waals surface area contributed by atoms with Crippen LogP contribution >= 0.6 is 0 Å². The maximum Gasteiger partial charge on any atom is 0.162 e. The predicted octanol–water partition coefficient (Wildman–Crippen LogP) is 1.87. The lowest BCUT2D eigenvalue weighted by molar-refractivity contribution is -0.115. The molecule has 2 nitrogen and oxygen atoms in total. The van der Waals surface area contributed by atoms with Crippen LogP contribution in [-0.2, 0) is 9.53 Å². The van der Waals surface area contributed by atoms with Crippen molar-refractivity contribution in [2.45, 2.75) is 25.8 Å². The van der Waals surface area contributed by atoms with Gasteiger partial charge in [0, 0.05) is 20.5 Å². The largest absolute Gasteiger partial charge is 0.377 e. The van der Waals surface area contributed by atoms with E-state index in [0.29, 0.717) is 6.42 Å². The fraction of sp³-hybridized carbons (Fsp3) is 0.500. The molecule has 2 heteroatoms. The van der Waals surface area contributed by atoms with Crippen LogP contribution in [0.3, 0.4) is 0 Å². The molecule has 0 heterocycles. The molecule has 0 aromatic heterocycles. The summed E-state index contributed by atoms with van der Waals surface area (Å²) in [6, 6.07) is -0.138. The highest BCUT2D eigenvalue weighted by molar-refractivity contribution is 5.97. The highest BCUT2D eigenvalue weighted by Crippen LogP contribution is 2.14. The van der Waals surface area contributed by atoms with Crippen LogP contribution in [-0.4, -0.2) is 19.0 Å². The summed E-state index contributed by atoms with van der Waals surface area (Å²) in [6.07, 6.45) is 0.348. The van der Waals surface area contributed by atoms with Gasteiger partial charge in [-0.15, -0.1) is 0 Å². The van der Waals surface area contributed by atoms with Crippen LogP contribution in [0, 0.1) is 0 Å². The molecule has 2 atom stereocenters. The predicted molar refractivity (Wildman–Crippen MR) is 47.9 cm³/mol. The first-order chi connectivity index (χ1) is 6.96. The fourth-order valence-electron chi connectivity index (χ4n) is 0.901. The monoisotopic (exact) mass is 169 g/mol. The third-order valence-electron chi connectivity index (χ3n) is 1.64. The number of ketones is 1. The molecule has 1 aliphatic rings. The normalized spacial score (nSPS) is 38.8. The van der Waals surface area contributed by atoms with Crippen molar-refractivity contribution in [3.63, 3.8) is 0 Å². The zero-order valence-electron chi connectivity index (χ0n) is 10.3. The quantitative estimate of drug-likeness (QED) is 0.644. The molecule has 66 valence electrons. The first-order valence-corrected chi connectivity index (χ1v) is 3.87. The summed E-state index contributed by atoms with van der Waals surface area (Å²) in [5.41, 5.74) is 0.220. The van der Waals surface area contributed by atoms with Gasteiger partial charge in [0.2, 0.25) is 0 Å². The summed E-state index contributed by atoms with van der Waals surface area (Å²) in [4.78, 5) is 11.4. The first kappa shape index (κ1) is 5.70. The van der Waals surface area contributed by atoms with Crippen molar-refractivity contribution >= 4 is 5.78 Å². The van der Waals surface area contributed by atoms with Gasteiger partial charge in [0.15, 0.2) is 5.78 Å². The van der Waals surface area contributed by atoms with Gasteiger partial charge in [-0.1, -0.05) is 25.1 Å². The van der Waals surface area contributed by atoms with E-state index in [1.807, 2.05) is 0 Å². The van der Waals surface area contributed by atoms with Crippen molar-refractivity contribution in [2.75, 3.05) is 7.11 Å². The van der Waals surface area contributed by atoms with Crippen LogP contribution in [0.15, 0.2) is 23.8 Å². The van der Waals surface area contributed by atoms with Crippen LogP contribution < -0.4 is 0 Å². The van der Waals surface area contributed by atoms with E-state index in [0.717, 1.165) is 0 Å². The van der Waals surface area contributed by atoms with Crippen LogP contribution in [0.2, 0.25) is 0 Å². The number of rotatable bonds is 3. The van der Waals surface area contributed by atoms with Crippen LogP contribution in [0.5, 0.6) is 0 Å². The Hall–Kier alpha value is -0.890. The number of ether oxygens (including phenoxy) is 1. The number of methoxy groups -OCH3 is 1. The van der Waals surface area contributed by atoms with Gasteiger partial charge >= 0.3 is 0 Å². The molecule has 0 aromatic carbocycles. The van der Waals surface area contributed by atoms with E-state index in [9.17, 15) is 4.79 Å². The summed E-state index contributed by atoms with van der Waals surface area (Å²) in [7, 11) is 1.32. The third kappa shape index (κ3) is 2.05. The average molecular weight is 169 g/mol. The summed E-state index contributed by atoms with van der Waals surface area (Å²) < 4.78 is 27.9. The minimum Gasteiger partial charge on any atom is -0.377 e. The number of allylic oxidation sites excluding steroid dienone is 2. The molecule has 0 radical (unpaired) electrons. The Kier molecular flexibility index (Phi) is 2.00. The van der Waals surface area contributed by atoms with Crippen molar-refractivity contribution < 1.29 is 13.6 Å². The van der Waals surface area contributed by atoms with Crippen LogP contribution in [0.1, 0.15) is 23.9 Å². The number of Topliss-reactive ketones (excluding diaryl/α,β-unsaturated/α-hetero) is 1. The molecule has 0 bridgehead atoms. The van der Waals surface area contributed by atoms with Crippen molar-refractivity contribution in [1.82, 2.24) is 0 Å². The summed E-state index contributed by atoms with van der Waals surface area (Å²) in [5.74, 6) is -0.174. The Labute approximate surface area is 77.1 Å². The Bertz CT molecular complexity index is 336. The lowest BCUT2D eigenvalue weighted by atomic mass is 10.0. The SMILES string of the molecule is [2H]C1=C(C(=O)CC)C=CC([2H])(OC)C1[2H]. The minimum absolute atomic E-state index is 0.138. The lowest BCUT2D eigenvalue weighted by Crippen LogP contribution is -2.11. The molecule has 0 aromatic rings. The second-order valence-corrected chi connectivity index (χ2v) is 2.42. The molecule has 0 fully saturated rings. The zero-order chi connectivity index (χ0) is 11.6. The van der Waals surface area contributed by atoms with E-state index in [-0.39, 0.29) is 17.4 Å². The van der Waals surface area contributed by atoms with E-state index in [2.05, 4.69) is 0 Å². The number of hydrogen-bond acceptors (Lipinski definition) is 2. The van der Waals surface area contributed by atoms with E-state index >= 15 is 0 Å². The van der Waals surface area contributed by atoms with Gasteiger partial charge in [-0.05, 0) is 6.40 Å². The maximum atomic E-state index is 11.4. The lowest BCUT2D eigenvalue weighted by Gasteiger charge is -2.13. The fourth-order valence-corrected chi connectivity index (χ4v) is 0.901. The first-order valence-electron chi connectivity index (χ1n) is 5.44. The Morgan fingerprint density at radius 3 is 3.42 bits per heavy atom. The van der Waals surface area contributed by atoms with Crippen molar-refractivity contribution in [3.05, 3.63) is 23.8 Å². The van der Waals surface area contributed by atoms with Gasteiger partial charge in [0.05, 0.1) is 8.82 Å². The van der Waals surface area contributed by atoms with Crippen LogP contribution in [0.25, 0.3) is 0 Å². The molecule has 1 aliphatic carbocycles. The van der Waals surface area contributed by atoms with Crippen molar-refractivity contribution in [1.29, 1.82) is 0 Å². The standard InChI is InChI=1S/C10H14O2/c1-3-10(11)8-4-6-9(12-2)7-5-8/h4-6,9H,3,7H2,1-2H3/i5D,7D,9D. The Morgan fingerprint density at radius 1 is 2.08 bits per heavy atom. The van der Waals surface area contributed by atoms with Gasteiger partial charge in [0.25, 0.3) is 0 Å². The zero-order valence-corrected chi connectivity index (χ0v) is 7.26. The molecule has 0 spiro atoms. The molecule has 2 unspecified atom stereocenters. The van der Waals surface area contributed by atoms with Gasteiger partial charge in [-0.25, -0.2) is 0 Å². The topological polar surface area (TPSA) is 26.3 Å². The average Bonchev–Trinajstić information content (AvgIpc) is 2.25. The smallest absolute Gasteiger partial charge is 0.162 e. The van der Waals surface area contributed by atoms with Crippen LogP contribution in [0.4, 0.5) is 0 Å². The summed E-state index contributed by atoms with van der Waals surface area (Å²) in [5, 5.41) is 0. The molecule has 0 saturated heterocycles. The van der Waals surface area contributed by atoms with Crippen molar-refractivity contribution in [2.24, 2.45) is 0 Å². The van der Waals surface area contributed by atoms with Crippen molar-refractivity contribution in [3.8, 4) is 0 Å². The van der Waals surface area contributed by atoms with Gasteiger partial charge < -0.3 is 4.74 Å². The van der Waals surface area contributed by atoms with E-state index < -0.39 is 12.5 Å². The highest BCUT2D eigenvalue weighted by atomic mass is 16.5. The molecule has 0 N–H and O–H groups in total. The highest BCUT2D eigenvalue weighted by Gasteiger charge is 2.10. The van der Waals surface area contributed by atoms with E-state index in [4.69, 9.17) is 8.85 Å². The van der Waals surface area contributed by atoms with Gasteiger partial charge in [0.1, 0.15) is 0 Å². The second kappa shape index (κ2) is 4.21. The third-order valence-corrected chi connectivity index (χ3v) is 1.64. The molecule has 0 amide bonds. The number of carbonyl (C=O) groups excluding carboxylic acids is 1.